The van der Waals surface area contributed by atoms with Crippen LogP contribution in [0.1, 0.15) is 24.0 Å². The molecule has 0 aromatic heterocycles. The van der Waals surface area contributed by atoms with Gasteiger partial charge in [-0.15, -0.1) is 0 Å². The largest absolute Gasteiger partial charge is 0.388 e. The van der Waals surface area contributed by atoms with Crippen LogP contribution in [0.3, 0.4) is 0 Å². The maximum atomic E-state index is 12.2. The minimum Gasteiger partial charge on any atom is -0.388 e. The number of carbonyl (C=O) groups excluding carboxylic acids is 1. The van der Waals surface area contributed by atoms with E-state index in [2.05, 4.69) is 22.3 Å². The van der Waals surface area contributed by atoms with Crippen molar-refractivity contribution < 1.29 is 9.90 Å². The second-order valence-electron chi connectivity index (χ2n) is 7.18. The molecule has 1 aliphatic heterocycles. The fourth-order valence-electron chi connectivity index (χ4n) is 3.31. The Hall–Kier alpha value is -1.59. The number of carbonyl (C=O) groups is 1. The van der Waals surface area contributed by atoms with Gasteiger partial charge in [0.1, 0.15) is 0 Å². The summed E-state index contributed by atoms with van der Waals surface area (Å²) in [7, 11) is 0. The summed E-state index contributed by atoms with van der Waals surface area (Å²) >= 11 is 12.0. The molecule has 4 nitrogen and oxygen atoms in total. The molecule has 144 valence electrons. The van der Waals surface area contributed by atoms with Crippen molar-refractivity contribution in [2.24, 2.45) is 0 Å². The Kier molecular flexibility index (Phi) is 6.77. The predicted molar refractivity (Wildman–Crippen MR) is 109 cm³/mol. The monoisotopic (exact) mass is 406 g/mol. The van der Waals surface area contributed by atoms with Gasteiger partial charge in [0.15, 0.2) is 0 Å². The molecule has 3 rings (SSSR count). The van der Waals surface area contributed by atoms with Gasteiger partial charge in [0.25, 0.3) is 0 Å². The third kappa shape index (κ3) is 5.94. The van der Waals surface area contributed by atoms with Gasteiger partial charge >= 0.3 is 0 Å². The normalized spacial score (nSPS) is 16.9. The van der Waals surface area contributed by atoms with E-state index in [1.165, 1.54) is 5.56 Å². The lowest BCUT2D eigenvalue weighted by Gasteiger charge is -2.38. The van der Waals surface area contributed by atoms with Gasteiger partial charge in [-0.2, -0.15) is 0 Å². The summed E-state index contributed by atoms with van der Waals surface area (Å²) in [5, 5.41) is 14.6. The van der Waals surface area contributed by atoms with Crippen LogP contribution >= 0.6 is 23.2 Å². The summed E-state index contributed by atoms with van der Waals surface area (Å²) in [4.78, 5) is 14.5. The summed E-state index contributed by atoms with van der Waals surface area (Å²) in [6.45, 7) is 2.77. The maximum Gasteiger partial charge on any atom is 0.224 e. The van der Waals surface area contributed by atoms with E-state index in [1.807, 2.05) is 18.2 Å². The zero-order chi connectivity index (χ0) is 19.3. The first kappa shape index (κ1) is 20.2. The topological polar surface area (TPSA) is 52.6 Å². The van der Waals surface area contributed by atoms with Crippen LogP contribution in [-0.4, -0.2) is 41.1 Å². The SMILES string of the molecule is O=C(Cc1ccc(Cl)cc1Cl)NCC1(O)CCN(Cc2ccccc2)CC1. The van der Waals surface area contributed by atoms with Gasteiger partial charge in [0, 0.05) is 36.2 Å². The molecule has 0 atom stereocenters. The Morgan fingerprint density at radius 2 is 1.81 bits per heavy atom. The molecule has 2 aromatic carbocycles. The minimum absolute atomic E-state index is 0.153. The molecule has 0 radical (unpaired) electrons. The number of hydrogen-bond acceptors (Lipinski definition) is 3. The van der Waals surface area contributed by atoms with Gasteiger partial charge in [-0.25, -0.2) is 0 Å². The van der Waals surface area contributed by atoms with E-state index in [4.69, 9.17) is 23.2 Å². The number of amides is 1. The standard InChI is InChI=1S/C21H24Cl2N2O2/c22-18-7-6-17(19(23)13-18)12-20(26)24-15-21(27)8-10-25(11-9-21)14-16-4-2-1-3-5-16/h1-7,13,27H,8-12,14-15H2,(H,24,26). The lowest BCUT2D eigenvalue weighted by molar-refractivity contribution is -0.122. The molecule has 0 saturated carbocycles. The van der Waals surface area contributed by atoms with Crippen LogP contribution in [0.2, 0.25) is 10.0 Å². The quantitative estimate of drug-likeness (QED) is 0.768. The van der Waals surface area contributed by atoms with Crippen LogP contribution in [0, 0.1) is 0 Å². The van der Waals surface area contributed by atoms with Crippen molar-refractivity contribution in [2.45, 2.75) is 31.4 Å². The van der Waals surface area contributed by atoms with Gasteiger partial charge in [-0.05, 0) is 36.1 Å². The van der Waals surface area contributed by atoms with Crippen LogP contribution in [-0.2, 0) is 17.8 Å². The number of rotatable bonds is 6. The van der Waals surface area contributed by atoms with Crippen LogP contribution < -0.4 is 5.32 Å². The molecular formula is C21H24Cl2N2O2. The van der Waals surface area contributed by atoms with Crippen LogP contribution in [0.5, 0.6) is 0 Å². The number of piperidine rings is 1. The summed E-state index contributed by atoms with van der Waals surface area (Å²) in [6.07, 6.45) is 1.45. The zero-order valence-corrected chi connectivity index (χ0v) is 16.6. The van der Waals surface area contributed by atoms with Gasteiger partial charge in [-0.3, -0.25) is 9.69 Å². The first-order chi connectivity index (χ1) is 12.9. The minimum atomic E-state index is -0.855. The maximum absolute atomic E-state index is 12.2. The van der Waals surface area contributed by atoms with Gasteiger partial charge in [0.2, 0.25) is 5.91 Å². The Balaban J connectivity index is 1.45. The molecule has 0 spiro atoms. The third-order valence-corrected chi connectivity index (χ3v) is 5.60. The van der Waals surface area contributed by atoms with E-state index in [0.717, 1.165) is 25.2 Å². The number of nitrogens with zero attached hydrogens (tertiary/aromatic N) is 1. The van der Waals surface area contributed by atoms with E-state index < -0.39 is 5.60 Å². The zero-order valence-electron chi connectivity index (χ0n) is 15.1. The molecule has 2 aromatic rings. The highest BCUT2D eigenvalue weighted by Crippen LogP contribution is 2.24. The third-order valence-electron chi connectivity index (χ3n) is 5.02. The van der Waals surface area contributed by atoms with Gasteiger partial charge in [0.05, 0.1) is 12.0 Å². The highest BCUT2D eigenvalue weighted by atomic mass is 35.5. The molecular weight excluding hydrogens is 383 g/mol. The highest BCUT2D eigenvalue weighted by Gasteiger charge is 2.32. The Labute approximate surface area is 170 Å². The highest BCUT2D eigenvalue weighted by molar-refractivity contribution is 6.35. The number of likely N-dealkylation sites (tertiary alicyclic amines) is 1. The Bertz CT molecular complexity index is 775. The smallest absolute Gasteiger partial charge is 0.224 e. The van der Waals surface area contributed by atoms with Crippen molar-refractivity contribution in [1.29, 1.82) is 0 Å². The average Bonchev–Trinajstić information content (AvgIpc) is 2.66. The fourth-order valence-corrected chi connectivity index (χ4v) is 3.78. The molecule has 27 heavy (non-hydrogen) atoms. The van der Waals surface area contributed by atoms with E-state index in [0.29, 0.717) is 22.9 Å². The number of hydrogen-bond donors (Lipinski definition) is 2. The summed E-state index contributed by atoms with van der Waals surface area (Å²) in [6, 6.07) is 15.4. The lowest BCUT2D eigenvalue weighted by Crippen LogP contribution is -2.50. The van der Waals surface area contributed by atoms with Gasteiger partial charge in [-0.1, -0.05) is 59.6 Å². The van der Waals surface area contributed by atoms with Gasteiger partial charge < -0.3 is 10.4 Å². The van der Waals surface area contributed by atoms with E-state index in [1.54, 1.807) is 18.2 Å². The van der Waals surface area contributed by atoms with Crippen molar-refractivity contribution >= 4 is 29.1 Å². The molecule has 2 N–H and O–H groups in total. The van der Waals surface area contributed by atoms with Crippen molar-refractivity contribution in [3.8, 4) is 0 Å². The summed E-state index contributed by atoms with van der Waals surface area (Å²) in [5.41, 5.74) is 1.14. The molecule has 0 bridgehead atoms. The number of aliphatic hydroxyl groups is 1. The van der Waals surface area contributed by atoms with Crippen LogP contribution in [0.15, 0.2) is 48.5 Å². The molecule has 1 aliphatic rings. The summed E-state index contributed by atoms with van der Waals surface area (Å²) in [5.74, 6) is -0.153. The van der Waals surface area contributed by atoms with Crippen molar-refractivity contribution in [3.05, 3.63) is 69.7 Å². The lowest BCUT2D eigenvalue weighted by atomic mass is 9.91. The molecule has 6 heteroatoms. The van der Waals surface area contributed by atoms with E-state index >= 15 is 0 Å². The number of halogens is 2. The fraction of sp³-hybridized carbons (Fsp3) is 0.381. The molecule has 1 heterocycles. The molecule has 1 fully saturated rings. The Morgan fingerprint density at radius 1 is 1.11 bits per heavy atom. The second kappa shape index (κ2) is 9.07. The first-order valence-corrected chi connectivity index (χ1v) is 9.88. The predicted octanol–water partition coefficient (Wildman–Crippen LogP) is 3.68. The summed E-state index contributed by atoms with van der Waals surface area (Å²) < 4.78 is 0. The van der Waals surface area contributed by atoms with Crippen molar-refractivity contribution in [1.82, 2.24) is 10.2 Å². The van der Waals surface area contributed by atoms with Crippen LogP contribution in [0.25, 0.3) is 0 Å². The molecule has 0 unspecified atom stereocenters. The molecule has 1 saturated heterocycles. The van der Waals surface area contributed by atoms with E-state index in [9.17, 15) is 9.90 Å². The Morgan fingerprint density at radius 3 is 2.48 bits per heavy atom. The van der Waals surface area contributed by atoms with Crippen LogP contribution in [0.4, 0.5) is 0 Å². The second-order valence-corrected chi connectivity index (χ2v) is 8.02. The van der Waals surface area contributed by atoms with Crippen molar-refractivity contribution in [2.75, 3.05) is 19.6 Å². The van der Waals surface area contributed by atoms with Crippen molar-refractivity contribution in [3.63, 3.8) is 0 Å². The van der Waals surface area contributed by atoms with E-state index in [-0.39, 0.29) is 18.9 Å². The molecule has 1 amide bonds. The molecule has 0 aliphatic carbocycles. The average molecular weight is 407 g/mol. The first-order valence-electron chi connectivity index (χ1n) is 9.13. The number of nitrogens with one attached hydrogen (secondary N) is 1. The number of benzene rings is 2.